The van der Waals surface area contributed by atoms with Crippen LogP contribution in [0.2, 0.25) is 0 Å². The summed E-state index contributed by atoms with van der Waals surface area (Å²) < 4.78 is 7.77. The van der Waals surface area contributed by atoms with Crippen LogP contribution in [0, 0.1) is 6.92 Å². The minimum Gasteiger partial charge on any atom is -0.462 e. The number of imidazole rings is 1. The minimum atomic E-state index is -0.0484. The molecule has 3 aromatic heterocycles. The molecule has 98 valence electrons. The number of fused-ring (bicyclic) bond motifs is 3. The van der Waals surface area contributed by atoms with Crippen molar-refractivity contribution < 1.29 is 4.42 Å². The van der Waals surface area contributed by atoms with Crippen LogP contribution in [0.25, 0.3) is 22.1 Å². The molecule has 0 aliphatic heterocycles. The highest BCUT2D eigenvalue weighted by Crippen LogP contribution is 2.15. The molecule has 4 aromatic rings. The first-order valence-electron chi connectivity index (χ1n) is 6.20. The van der Waals surface area contributed by atoms with Gasteiger partial charge < -0.3 is 4.42 Å². The van der Waals surface area contributed by atoms with Crippen molar-refractivity contribution in [3.05, 3.63) is 62.8 Å². The topological polar surface area (TPSA) is 47.5 Å². The molecule has 1 aromatic carbocycles. The van der Waals surface area contributed by atoms with Gasteiger partial charge in [-0.25, -0.2) is 9.38 Å². The molecule has 0 fully saturated rings. The number of hydrogen-bond acceptors (Lipinski definition) is 4. The maximum absolute atomic E-state index is 12.5. The van der Waals surface area contributed by atoms with Gasteiger partial charge in [-0.05, 0) is 31.2 Å². The molecule has 0 N–H and O–H groups in total. The number of benzene rings is 1. The number of nitrogens with zero attached hydrogens (tertiary/aromatic N) is 2. The van der Waals surface area contributed by atoms with E-state index in [1.54, 1.807) is 10.5 Å². The molecular formula is C15H10N2O2S. The summed E-state index contributed by atoms with van der Waals surface area (Å²) >= 11 is 1.38. The molecule has 4 rings (SSSR count). The van der Waals surface area contributed by atoms with Crippen molar-refractivity contribution in [3.63, 3.8) is 0 Å². The largest absolute Gasteiger partial charge is 0.462 e. The highest BCUT2D eigenvalue weighted by Gasteiger charge is 2.10. The van der Waals surface area contributed by atoms with Crippen LogP contribution in [0.3, 0.4) is 0 Å². The quantitative estimate of drug-likeness (QED) is 0.538. The summed E-state index contributed by atoms with van der Waals surface area (Å²) in [6, 6.07) is 11.4. The molecule has 4 nitrogen and oxygen atoms in total. The second-order valence-corrected chi connectivity index (χ2v) is 5.59. The normalized spacial score (nSPS) is 12.8. The van der Waals surface area contributed by atoms with Crippen molar-refractivity contribution in [1.82, 2.24) is 9.38 Å². The first-order chi connectivity index (χ1) is 9.72. The van der Waals surface area contributed by atoms with Crippen molar-refractivity contribution in [2.45, 2.75) is 6.92 Å². The first-order valence-corrected chi connectivity index (χ1v) is 7.02. The third-order valence-corrected chi connectivity index (χ3v) is 4.15. The SMILES string of the molecule is Cc1ccc(C=c2sc3nc4ccccc4n3c2=O)o1. The van der Waals surface area contributed by atoms with Crippen LogP contribution >= 0.6 is 11.3 Å². The molecule has 20 heavy (non-hydrogen) atoms. The summed E-state index contributed by atoms with van der Waals surface area (Å²) in [7, 11) is 0. The van der Waals surface area contributed by atoms with E-state index in [1.165, 1.54) is 11.3 Å². The van der Waals surface area contributed by atoms with Gasteiger partial charge in [-0.15, -0.1) is 0 Å². The van der Waals surface area contributed by atoms with Crippen LogP contribution in [0.1, 0.15) is 11.5 Å². The van der Waals surface area contributed by atoms with E-state index in [2.05, 4.69) is 4.98 Å². The second kappa shape index (κ2) is 4.05. The monoisotopic (exact) mass is 282 g/mol. The van der Waals surface area contributed by atoms with Gasteiger partial charge in [0.1, 0.15) is 16.1 Å². The number of hydrogen-bond donors (Lipinski definition) is 0. The summed E-state index contributed by atoms with van der Waals surface area (Å²) in [5, 5.41) is 0. The van der Waals surface area contributed by atoms with Gasteiger partial charge in [-0.1, -0.05) is 23.5 Å². The summed E-state index contributed by atoms with van der Waals surface area (Å²) in [6.07, 6.45) is 1.77. The van der Waals surface area contributed by atoms with Crippen LogP contribution in [-0.4, -0.2) is 9.38 Å². The molecule has 0 amide bonds. The number of thiazole rings is 1. The number of rotatable bonds is 1. The Labute approximate surface area is 117 Å². The Morgan fingerprint density at radius 3 is 2.90 bits per heavy atom. The zero-order chi connectivity index (χ0) is 13.7. The molecule has 0 atom stereocenters. The maximum Gasteiger partial charge on any atom is 0.275 e. The van der Waals surface area contributed by atoms with Crippen LogP contribution < -0.4 is 10.1 Å². The Kier molecular flexibility index (Phi) is 2.31. The molecule has 0 unspecified atom stereocenters. The lowest BCUT2D eigenvalue weighted by molar-refractivity contribution is 0.525. The molecule has 3 heterocycles. The molecule has 0 spiro atoms. The van der Waals surface area contributed by atoms with Crippen molar-refractivity contribution in [2.24, 2.45) is 0 Å². The first kappa shape index (κ1) is 11.4. The molecule has 0 saturated heterocycles. The zero-order valence-corrected chi connectivity index (χ0v) is 11.5. The van der Waals surface area contributed by atoms with Crippen molar-refractivity contribution in [3.8, 4) is 0 Å². The Bertz CT molecular complexity index is 1040. The Balaban J connectivity index is 2.05. The number of aryl methyl sites for hydroxylation is 1. The third-order valence-electron chi connectivity index (χ3n) is 3.18. The van der Waals surface area contributed by atoms with E-state index in [-0.39, 0.29) is 5.56 Å². The fraction of sp³-hybridized carbons (Fsp3) is 0.0667. The second-order valence-electron chi connectivity index (χ2n) is 4.58. The van der Waals surface area contributed by atoms with E-state index in [0.717, 1.165) is 16.8 Å². The predicted molar refractivity (Wildman–Crippen MR) is 79.1 cm³/mol. The summed E-state index contributed by atoms with van der Waals surface area (Å²) in [6.45, 7) is 1.88. The number of furan rings is 1. The van der Waals surface area contributed by atoms with Gasteiger partial charge in [-0.3, -0.25) is 4.79 Å². The molecule has 0 aliphatic carbocycles. The number of para-hydroxylation sites is 2. The van der Waals surface area contributed by atoms with Gasteiger partial charge in [0, 0.05) is 6.08 Å². The van der Waals surface area contributed by atoms with Crippen molar-refractivity contribution >= 4 is 33.4 Å². The van der Waals surface area contributed by atoms with Gasteiger partial charge in [0.2, 0.25) is 0 Å². The highest BCUT2D eigenvalue weighted by molar-refractivity contribution is 7.15. The van der Waals surface area contributed by atoms with Crippen LogP contribution in [0.4, 0.5) is 0 Å². The average molecular weight is 282 g/mol. The van der Waals surface area contributed by atoms with Crippen molar-refractivity contribution in [1.29, 1.82) is 0 Å². The molecule has 0 bridgehead atoms. The standard InChI is InChI=1S/C15H10N2O2S/c1-9-6-7-10(19-9)8-13-14(18)17-12-5-3-2-4-11(12)16-15(17)20-13/h2-8H,1H3. The van der Waals surface area contributed by atoms with E-state index in [9.17, 15) is 4.79 Å². The highest BCUT2D eigenvalue weighted by atomic mass is 32.1. The van der Waals surface area contributed by atoms with E-state index < -0.39 is 0 Å². The van der Waals surface area contributed by atoms with E-state index in [0.29, 0.717) is 15.3 Å². The van der Waals surface area contributed by atoms with E-state index >= 15 is 0 Å². The summed E-state index contributed by atoms with van der Waals surface area (Å²) in [5.74, 6) is 1.52. The van der Waals surface area contributed by atoms with E-state index in [4.69, 9.17) is 4.42 Å². The van der Waals surface area contributed by atoms with Gasteiger partial charge in [0.25, 0.3) is 5.56 Å². The number of aromatic nitrogens is 2. The molecule has 0 aliphatic rings. The molecular weight excluding hydrogens is 272 g/mol. The minimum absolute atomic E-state index is 0.0484. The third kappa shape index (κ3) is 1.60. The smallest absolute Gasteiger partial charge is 0.275 e. The summed E-state index contributed by atoms with van der Waals surface area (Å²) in [4.78, 5) is 17.7. The van der Waals surface area contributed by atoms with Gasteiger partial charge in [0.05, 0.1) is 11.0 Å². The van der Waals surface area contributed by atoms with E-state index in [1.807, 2.05) is 43.3 Å². The van der Waals surface area contributed by atoms with Crippen LogP contribution in [-0.2, 0) is 0 Å². The van der Waals surface area contributed by atoms with Crippen LogP contribution in [0.5, 0.6) is 0 Å². The Morgan fingerprint density at radius 2 is 2.10 bits per heavy atom. The fourth-order valence-corrected chi connectivity index (χ4v) is 3.24. The van der Waals surface area contributed by atoms with Gasteiger partial charge in [0.15, 0.2) is 4.96 Å². The van der Waals surface area contributed by atoms with Crippen LogP contribution in [0.15, 0.2) is 45.6 Å². The summed E-state index contributed by atoms with van der Waals surface area (Å²) in [5.41, 5.74) is 1.64. The lowest BCUT2D eigenvalue weighted by Gasteiger charge is -1.86. The zero-order valence-electron chi connectivity index (χ0n) is 10.7. The lowest BCUT2D eigenvalue weighted by Crippen LogP contribution is -2.22. The molecule has 0 saturated carbocycles. The lowest BCUT2D eigenvalue weighted by atomic mass is 10.3. The Hall–Kier alpha value is -2.40. The fourth-order valence-electron chi connectivity index (χ4n) is 2.27. The average Bonchev–Trinajstić information content (AvgIpc) is 3.07. The Morgan fingerprint density at radius 1 is 1.25 bits per heavy atom. The maximum atomic E-state index is 12.5. The predicted octanol–water partition coefficient (Wildman–Crippen LogP) is 2.36. The molecule has 5 heteroatoms. The van der Waals surface area contributed by atoms with Gasteiger partial charge >= 0.3 is 0 Å². The molecule has 0 radical (unpaired) electrons. The van der Waals surface area contributed by atoms with Crippen molar-refractivity contribution in [2.75, 3.05) is 0 Å². The van der Waals surface area contributed by atoms with Gasteiger partial charge in [-0.2, -0.15) is 0 Å².